The van der Waals surface area contributed by atoms with E-state index in [4.69, 9.17) is 9.47 Å². The highest BCUT2D eigenvalue weighted by molar-refractivity contribution is 5.73. The Bertz CT molecular complexity index is 814. The molecule has 4 nitrogen and oxygen atoms in total. The van der Waals surface area contributed by atoms with Crippen LogP contribution in [0.1, 0.15) is 11.1 Å². The summed E-state index contributed by atoms with van der Waals surface area (Å²) in [6, 6.07) is 26.3. The van der Waals surface area contributed by atoms with Gasteiger partial charge in [0.15, 0.2) is 6.10 Å². The first kappa shape index (κ1) is 17.5. The predicted molar refractivity (Wildman–Crippen MR) is 99.4 cm³/mol. The van der Waals surface area contributed by atoms with Crippen molar-refractivity contribution in [2.45, 2.75) is 19.1 Å². The Kier molecular flexibility index (Phi) is 5.88. The molecule has 0 radical (unpaired) electrons. The van der Waals surface area contributed by atoms with Crippen LogP contribution in [0, 0.1) is 0 Å². The standard InChI is InChI=1S/C22H20O4/c23-22(24)21(26-20-9-5-2-6-10-20)15-17-11-13-19(14-12-17)25-16-18-7-3-1-4-8-18/h1-14,21H,15-16H2,(H,23,24). The Morgan fingerprint density at radius 3 is 2.00 bits per heavy atom. The number of para-hydroxylation sites is 1. The molecule has 26 heavy (non-hydrogen) atoms. The number of carboxylic acid groups (broad SMARTS) is 1. The zero-order valence-corrected chi connectivity index (χ0v) is 14.2. The third-order valence-corrected chi connectivity index (χ3v) is 3.89. The van der Waals surface area contributed by atoms with E-state index < -0.39 is 12.1 Å². The van der Waals surface area contributed by atoms with Crippen LogP contribution in [-0.2, 0) is 17.8 Å². The molecule has 0 saturated heterocycles. The monoisotopic (exact) mass is 348 g/mol. The smallest absolute Gasteiger partial charge is 0.345 e. The largest absolute Gasteiger partial charge is 0.489 e. The molecule has 132 valence electrons. The molecule has 0 fully saturated rings. The van der Waals surface area contributed by atoms with Gasteiger partial charge in [-0.15, -0.1) is 0 Å². The van der Waals surface area contributed by atoms with E-state index >= 15 is 0 Å². The molecule has 0 amide bonds. The van der Waals surface area contributed by atoms with Crippen LogP contribution >= 0.6 is 0 Å². The summed E-state index contributed by atoms with van der Waals surface area (Å²) in [5, 5.41) is 9.41. The molecule has 4 heteroatoms. The summed E-state index contributed by atoms with van der Waals surface area (Å²) >= 11 is 0. The fraction of sp³-hybridized carbons (Fsp3) is 0.136. The summed E-state index contributed by atoms with van der Waals surface area (Å²) < 4.78 is 11.3. The van der Waals surface area contributed by atoms with Gasteiger partial charge >= 0.3 is 5.97 Å². The molecule has 0 spiro atoms. The SMILES string of the molecule is O=C(O)C(Cc1ccc(OCc2ccccc2)cc1)Oc1ccccc1. The van der Waals surface area contributed by atoms with E-state index in [1.165, 1.54) is 0 Å². The minimum Gasteiger partial charge on any atom is -0.489 e. The zero-order valence-electron chi connectivity index (χ0n) is 14.2. The molecule has 0 aromatic heterocycles. The minimum atomic E-state index is -0.988. The molecular formula is C22H20O4. The normalized spacial score (nSPS) is 11.5. The summed E-state index contributed by atoms with van der Waals surface area (Å²) in [7, 11) is 0. The van der Waals surface area contributed by atoms with Crippen LogP contribution in [0.2, 0.25) is 0 Å². The molecule has 0 bridgehead atoms. The molecule has 1 unspecified atom stereocenters. The Balaban J connectivity index is 1.59. The Morgan fingerprint density at radius 1 is 0.769 bits per heavy atom. The van der Waals surface area contributed by atoms with Crippen molar-refractivity contribution < 1.29 is 19.4 Å². The van der Waals surface area contributed by atoms with E-state index in [1.807, 2.05) is 72.8 Å². The van der Waals surface area contributed by atoms with Gasteiger partial charge in [-0.05, 0) is 35.4 Å². The molecule has 0 aliphatic heterocycles. The maximum absolute atomic E-state index is 11.5. The average molecular weight is 348 g/mol. The molecule has 1 atom stereocenters. The van der Waals surface area contributed by atoms with Crippen molar-refractivity contribution in [3.8, 4) is 11.5 Å². The summed E-state index contributed by atoms with van der Waals surface area (Å²) in [5.74, 6) is 0.300. The van der Waals surface area contributed by atoms with Crippen LogP contribution in [0.3, 0.4) is 0 Å². The highest BCUT2D eigenvalue weighted by Crippen LogP contribution is 2.18. The van der Waals surface area contributed by atoms with Crippen molar-refractivity contribution in [1.82, 2.24) is 0 Å². The predicted octanol–water partition coefficient (Wildman–Crippen LogP) is 4.34. The molecule has 1 N–H and O–H groups in total. The van der Waals surface area contributed by atoms with Crippen molar-refractivity contribution in [2.75, 3.05) is 0 Å². The highest BCUT2D eigenvalue weighted by Gasteiger charge is 2.20. The topological polar surface area (TPSA) is 55.8 Å². The number of ether oxygens (including phenoxy) is 2. The first-order valence-electron chi connectivity index (χ1n) is 8.41. The van der Waals surface area contributed by atoms with Gasteiger partial charge in [-0.25, -0.2) is 4.79 Å². The molecule has 3 aromatic rings. The van der Waals surface area contributed by atoms with E-state index in [9.17, 15) is 9.90 Å². The fourth-order valence-electron chi connectivity index (χ4n) is 2.52. The van der Waals surface area contributed by atoms with Crippen molar-refractivity contribution in [1.29, 1.82) is 0 Å². The van der Waals surface area contributed by atoms with Crippen molar-refractivity contribution in [3.63, 3.8) is 0 Å². The molecular weight excluding hydrogens is 328 g/mol. The van der Waals surface area contributed by atoms with Gasteiger partial charge in [-0.2, -0.15) is 0 Å². The first-order chi connectivity index (χ1) is 12.7. The third-order valence-electron chi connectivity index (χ3n) is 3.89. The van der Waals surface area contributed by atoms with Crippen LogP contribution < -0.4 is 9.47 Å². The zero-order chi connectivity index (χ0) is 18.2. The van der Waals surface area contributed by atoms with E-state index in [1.54, 1.807) is 12.1 Å². The van der Waals surface area contributed by atoms with Gasteiger partial charge in [0.2, 0.25) is 0 Å². The van der Waals surface area contributed by atoms with E-state index in [0.29, 0.717) is 12.4 Å². The van der Waals surface area contributed by atoms with Gasteiger partial charge in [0.1, 0.15) is 18.1 Å². The second-order valence-corrected chi connectivity index (χ2v) is 5.88. The lowest BCUT2D eigenvalue weighted by Gasteiger charge is -2.15. The number of rotatable bonds is 8. The van der Waals surface area contributed by atoms with Gasteiger partial charge in [0.25, 0.3) is 0 Å². The van der Waals surface area contributed by atoms with Crippen LogP contribution in [0.15, 0.2) is 84.9 Å². The Labute approximate surface area is 152 Å². The summed E-state index contributed by atoms with van der Waals surface area (Å²) in [5.41, 5.74) is 1.97. The van der Waals surface area contributed by atoms with Gasteiger partial charge in [0, 0.05) is 6.42 Å². The lowest BCUT2D eigenvalue weighted by molar-refractivity contribution is -0.145. The fourth-order valence-corrected chi connectivity index (χ4v) is 2.52. The van der Waals surface area contributed by atoms with Crippen molar-refractivity contribution >= 4 is 5.97 Å². The number of hydrogen-bond acceptors (Lipinski definition) is 3. The van der Waals surface area contributed by atoms with Gasteiger partial charge < -0.3 is 14.6 Å². The average Bonchev–Trinajstić information content (AvgIpc) is 2.68. The lowest BCUT2D eigenvalue weighted by atomic mass is 10.1. The number of hydrogen-bond donors (Lipinski definition) is 1. The van der Waals surface area contributed by atoms with Crippen LogP contribution in [-0.4, -0.2) is 17.2 Å². The second kappa shape index (κ2) is 8.72. The molecule has 0 saturated carbocycles. The maximum atomic E-state index is 11.5. The van der Waals surface area contributed by atoms with E-state index in [2.05, 4.69) is 0 Å². The molecule has 0 heterocycles. The van der Waals surface area contributed by atoms with Crippen LogP contribution in [0.4, 0.5) is 0 Å². The van der Waals surface area contributed by atoms with E-state index in [0.717, 1.165) is 16.9 Å². The van der Waals surface area contributed by atoms with Crippen molar-refractivity contribution in [2.24, 2.45) is 0 Å². The summed E-state index contributed by atoms with van der Waals surface area (Å²) in [6.45, 7) is 0.495. The van der Waals surface area contributed by atoms with Crippen molar-refractivity contribution in [3.05, 3.63) is 96.1 Å². The van der Waals surface area contributed by atoms with Gasteiger partial charge in [-0.3, -0.25) is 0 Å². The number of benzene rings is 3. The second-order valence-electron chi connectivity index (χ2n) is 5.88. The molecule has 0 aliphatic rings. The van der Waals surface area contributed by atoms with Crippen LogP contribution in [0.5, 0.6) is 11.5 Å². The molecule has 0 aliphatic carbocycles. The third kappa shape index (κ3) is 5.11. The van der Waals surface area contributed by atoms with Gasteiger partial charge in [0.05, 0.1) is 0 Å². The first-order valence-corrected chi connectivity index (χ1v) is 8.41. The molecule has 3 aromatic carbocycles. The van der Waals surface area contributed by atoms with Gasteiger partial charge in [-0.1, -0.05) is 60.7 Å². The quantitative estimate of drug-likeness (QED) is 0.658. The lowest BCUT2D eigenvalue weighted by Crippen LogP contribution is -2.29. The summed E-state index contributed by atoms with van der Waals surface area (Å²) in [6.07, 6.45) is -0.656. The number of aliphatic carboxylic acids is 1. The highest BCUT2D eigenvalue weighted by atomic mass is 16.5. The Morgan fingerprint density at radius 2 is 1.38 bits per heavy atom. The van der Waals surface area contributed by atoms with E-state index in [-0.39, 0.29) is 6.42 Å². The summed E-state index contributed by atoms with van der Waals surface area (Å²) in [4.78, 5) is 11.5. The van der Waals surface area contributed by atoms with Crippen LogP contribution in [0.25, 0.3) is 0 Å². The molecule has 3 rings (SSSR count). The minimum absolute atomic E-state index is 0.281. The maximum Gasteiger partial charge on any atom is 0.345 e. The number of carboxylic acids is 1. The number of carbonyl (C=O) groups is 1. The Hall–Kier alpha value is -3.27.